The van der Waals surface area contributed by atoms with E-state index in [2.05, 4.69) is 0 Å². The summed E-state index contributed by atoms with van der Waals surface area (Å²) in [5.74, 6) is -3.40. The summed E-state index contributed by atoms with van der Waals surface area (Å²) in [5, 5.41) is 0. The van der Waals surface area contributed by atoms with Crippen molar-refractivity contribution in [3.05, 3.63) is 96.6 Å². The highest BCUT2D eigenvalue weighted by atomic mass is 19.1. The first-order valence-corrected chi connectivity index (χ1v) is 10.5. The fraction of sp³-hybridized carbons (Fsp3) is 0. The molecule has 0 spiro atoms. The van der Waals surface area contributed by atoms with Crippen molar-refractivity contribution in [3.8, 4) is 23.0 Å². The first kappa shape index (κ1) is 22.7. The van der Waals surface area contributed by atoms with Crippen molar-refractivity contribution in [3.63, 3.8) is 0 Å². The van der Waals surface area contributed by atoms with Crippen LogP contribution in [0.4, 0.5) is 20.2 Å². The Bertz CT molecular complexity index is 1370. The number of hydrogen-bond donors (Lipinski definition) is 0. The molecule has 0 N–H and O–H groups in total. The Morgan fingerprint density at radius 2 is 0.889 bits per heavy atom. The van der Waals surface area contributed by atoms with Crippen molar-refractivity contribution in [2.45, 2.75) is 0 Å². The molecule has 0 saturated carbocycles. The topological polar surface area (TPSA) is 93.2 Å². The largest absolute Gasteiger partial charge is 0.457 e. The van der Waals surface area contributed by atoms with E-state index in [1.165, 1.54) is 18.2 Å². The average molecular weight is 488 g/mol. The number of benzene rings is 3. The Hall–Kier alpha value is -5.12. The average Bonchev–Trinajstić information content (AvgIpc) is 3.33. The number of anilines is 2. The fourth-order valence-electron chi connectivity index (χ4n) is 3.65. The SMILES string of the molecule is O=C1C=CC(=O)N1c1cc(F)cc(Oc2cccc(Oc3cc(F)cc(N4C(=O)C=CC4=O)c3)c2)c1. The first-order valence-electron chi connectivity index (χ1n) is 10.5. The van der Waals surface area contributed by atoms with E-state index in [0.717, 1.165) is 58.4 Å². The second-order valence-electron chi connectivity index (χ2n) is 7.66. The molecule has 2 aliphatic rings. The zero-order valence-electron chi connectivity index (χ0n) is 18.2. The maximum Gasteiger partial charge on any atom is 0.258 e. The summed E-state index contributed by atoms with van der Waals surface area (Å²) in [6.07, 6.45) is 4.33. The van der Waals surface area contributed by atoms with E-state index in [1.807, 2.05) is 0 Å². The molecule has 0 saturated heterocycles. The predicted molar refractivity (Wildman–Crippen MR) is 123 cm³/mol. The number of imide groups is 2. The molecule has 36 heavy (non-hydrogen) atoms. The Morgan fingerprint density at radius 1 is 0.500 bits per heavy atom. The van der Waals surface area contributed by atoms with E-state index in [1.54, 1.807) is 18.2 Å². The molecule has 3 aromatic rings. The normalized spacial score (nSPS) is 14.8. The highest BCUT2D eigenvalue weighted by Gasteiger charge is 2.27. The molecule has 0 aliphatic carbocycles. The number of carbonyl (C=O) groups excluding carboxylic acids is 4. The minimum Gasteiger partial charge on any atom is -0.457 e. The van der Waals surface area contributed by atoms with Gasteiger partial charge in [0.15, 0.2) is 0 Å². The van der Waals surface area contributed by atoms with E-state index < -0.39 is 35.3 Å². The molecule has 0 unspecified atom stereocenters. The van der Waals surface area contributed by atoms with Crippen molar-refractivity contribution in [2.75, 3.05) is 9.80 Å². The number of ether oxygens (including phenoxy) is 2. The van der Waals surface area contributed by atoms with Crippen LogP contribution in [-0.4, -0.2) is 23.6 Å². The molecular formula is C26H14F2N2O6. The van der Waals surface area contributed by atoms with Gasteiger partial charge in [-0.25, -0.2) is 18.6 Å². The van der Waals surface area contributed by atoms with Gasteiger partial charge < -0.3 is 9.47 Å². The van der Waals surface area contributed by atoms with Crippen LogP contribution in [0.3, 0.4) is 0 Å². The summed E-state index contributed by atoms with van der Waals surface area (Å²) in [4.78, 5) is 49.3. The molecule has 3 aromatic carbocycles. The Labute approximate surface area is 202 Å². The van der Waals surface area contributed by atoms with E-state index in [9.17, 15) is 28.0 Å². The first-order chi connectivity index (χ1) is 17.3. The second-order valence-corrected chi connectivity index (χ2v) is 7.66. The monoisotopic (exact) mass is 488 g/mol. The van der Waals surface area contributed by atoms with Gasteiger partial charge in [0.25, 0.3) is 23.6 Å². The summed E-state index contributed by atoms with van der Waals surface area (Å²) in [6.45, 7) is 0. The Morgan fingerprint density at radius 3 is 1.28 bits per heavy atom. The third-order valence-corrected chi connectivity index (χ3v) is 5.12. The van der Waals surface area contributed by atoms with Crippen molar-refractivity contribution < 1.29 is 37.4 Å². The van der Waals surface area contributed by atoms with E-state index in [4.69, 9.17) is 9.47 Å². The lowest BCUT2D eigenvalue weighted by atomic mass is 10.2. The standard InChI is InChI=1S/C26H14F2N2O6/c27-15-8-17(29-23(31)4-5-24(29)32)12-21(10-15)35-19-2-1-3-20(14-19)36-22-11-16(28)9-18(13-22)30-25(33)6-7-26(30)34/h1-14H. The molecule has 0 atom stereocenters. The van der Waals surface area contributed by atoms with Crippen LogP contribution in [0.5, 0.6) is 23.0 Å². The quantitative estimate of drug-likeness (QED) is 0.478. The molecule has 2 heterocycles. The maximum atomic E-state index is 14.2. The van der Waals surface area contributed by atoms with Gasteiger partial charge >= 0.3 is 0 Å². The Balaban J connectivity index is 1.37. The molecule has 0 fully saturated rings. The molecule has 178 valence electrons. The predicted octanol–water partition coefficient (Wildman–Crippen LogP) is 4.41. The van der Waals surface area contributed by atoms with Crippen molar-refractivity contribution in [1.82, 2.24) is 0 Å². The van der Waals surface area contributed by atoms with Gasteiger partial charge in [-0.1, -0.05) is 6.07 Å². The zero-order chi connectivity index (χ0) is 25.4. The molecule has 4 amide bonds. The van der Waals surface area contributed by atoms with Crippen LogP contribution in [0.15, 0.2) is 85.0 Å². The van der Waals surface area contributed by atoms with Gasteiger partial charge in [0.2, 0.25) is 0 Å². The molecule has 0 aromatic heterocycles. The highest BCUT2D eigenvalue weighted by Crippen LogP contribution is 2.33. The molecule has 8 nitrogen and oxygen atoms in total. The van der Waals surface area contributed by atoms with Crippen molar-refractivity contribution in [2.24, 2.45) is 0 Å². The number of halogens is 2. The number of nitrogens with zero attached hydrogens (tertiary/aromatic N) is 2. The molecular weight excluding hydrogens is 474 g/mol. The van der Waals surface area contributed by atoms with Gasteiger partial charge in [-0.15, -0.1) is 0 Å². The van der Waals surface area contributed by atoms with E-state index in [0.29, 0.717) is 0 Å². The minimum absolute atomic E-state index is 0.00481. The van der Waals surface area contributed by atoms with Gasteiger partial charge in [-0.05, 0) is 24.3 Å². The third kappa shape index (κ3) is 4.47. The van der Waals surface area contributed by atoms with Crippen LogP contribution in [-0.2, 0) is 19.2 Å². The van der Waals surface area contributed by atoms with Crippen LogP contribution in [0.2, 0.25) is 0 Å². The maximum absolute atomic E-state index is 14.2. The molecule has 10 heteroatoms. The number of hydrogen-bond acceptors (Lipinski definition) is 6. The summed E-state index contributed by atoms with van der Waals surface area (Å²) < 4.78 is 39.8. The van der Waals surface area contributed by atoms with Gasteiger partial charge in [0.1, 0.15) is 34.6 Å². The molecule has 0 bridgehead atoms. The van der Waals surface area contributed by atoms with Crippen LogP contribution in [0.25, 0.3) is 0 Å². The lowest BCUT2D eigenvalue weighted by Crippen LogP contribution is -2.29. The van der Waals surface area contributed by atoms with Crippen molar-refractivity contribution >= 4 is 35.0 Å². The number of rotatable bonds is 6. The molecule has 0 radical (unpaired) electrons. The summed E-state index contributed by atoms with van der Waals surface area (Å²) in [6, 6.07) is 13.0. The van der Waals surface area contributed by atoms with Crippen LogP contribution >= 0.6 is 0 Å². The van der Waals surface area contributed by atoms with Crippen molar-refractivity contribution in [1.29, 1.82) is 0 Å². The lowest BCUT2D eigenvalue weighted by molar-refractivity contribution is -0.121. The van der Waals surface area contributed by atoms with Gasteiger partial charge in [-0.2, -0.15) is 0 Å². The van der Waals surface area contributed by atoms with E-state index >= 15 is 0 Å². The van der Waals surface area contributed by atoms with Gasteiger partial charge in [0, 0.05) is 54.6 Å². The smallest absolute Gasteiger partial charge is 0.258 e. The minimum atomic E-state index is -0.727. The highest BCUT2D eigenvalue weighted by molar-refractivity contribution is 6.28. The number of amides is 4. The zero-order valence-corrected chi connectivity index (χ0v) is 18.2. The number of carbonyl (C=O) groups is 4. The van der Waals surface area contributed by atoms with Crippen LogP contribution in [0, 0.1) is 11.6 Å². The summed E-state index contributed by atoms with van der Waals surface area (Å²) in [5.41, 5.74) is 0.00961. The van der Waals surface area contributed by atoms with Crippen LogP contribution < -0.4 is 19.3 Å². The lowest BCUT2D eigenvalue weighted by Gasteiger charge is -2.16. The molecule has 2 aliphatic heterocycles. The molecule has 5 rings (SSSR count). The van der Waals surface area contributed by atoms with Gasteiger partial charge in [0.05, 0.1) is 11.4 Å². The van der Waals surface area contributed by atoms with Crippen LogP contribution in [0.1, 0.15) is 0 Å². The fourth-order valence-corrected chi connectivity index (χ4v) is 3.65. The summed E-state index contributed by atoms with van der Waals surface area (Å²) >= 11 is 0. The second kappa shape index (κ2) is 8.91. The third-order valence-electron chi connectivity index (χ3n) is 5.12. The summed E-state index contributed by atoms with van der Waals surface area (Å²) in [7, 11) is 0. The van der Waals surface area contributed by atoms with E-state index in [-0.39, 0.29) is 34.4 Å². The Kier molecular flexibility index (Phi) is 5.61. The van der Waals surface area contributed by atoms with Gasteiger partial charge in [-0.3, -0.25) is 19.2 Å².